The standard InChI is InChI=1S/C20H16BrN/c1-13-9-14(2)11-16(10-13)22-19-6-4-3-5-17(19)18-8-7-15(21)12-20(18)22/h3-12H,1-2H3. The average Bonchev–Trinajstić information content (AvgIpc) is 2.79. The van der Waals surface area contributed by atoms with Crippen molar-refractivity contribution in [1.82, 2.24) is 4.57 Å². The van der Waals surface area contributed by atoms with Crippen molar-refractivity contribution in [2.45, 2.75) is 13.8 Å². The monoisotopic (exact) mass is 349 g/mol. The molecule has 0 aliphatic heterocycles. The van der Waals surface area contributed by atoms with Crippen LogP contribution in [0.1, 0.15) is 11.1 Å². The number of hydrogen-bond donors (Lipinski definition) is 0. The van der Waals surface area contributed by atoms with Crippen LogP contribution in [0.2, 0.25) is 0 Å². The lowest BCUT2D eigenvalue weighted by molar-refractivity contribution is 1.16. The van der Waals surface area contributed by atoms with Crippen molar-refractivity contribution >= 4 is 37.7 Å². The third-order valence-corrected chi connectivity index (χ3v) is 4.59. The first kappa shape index (κ1) is 13.6. The summed E-state index contributed by atoms with van der Waals surface area (Å²) in [5.74, 6) is 0. The highest BCUT2D eigenvalue weighted by molar-refractivity contribution is 9.10. The first-order chi connectivity index (χ1) is 10.6. The molecular weight excluding hydrogens is 334 g/mol. The van der Waals surface area contributed by atoms with Gasteiger partial charge in [0.05, 0.1) is 11.0 Å². The Morgan fingerprint density at radius 1 is 0.727 bits per heavy atom. The van der Waals surface area contributed by atoms with Crippen LogP contribution in [-0.4, -0.2) is 4.57 Å². The van der Waals surface area contributed by atoms with E-state index in [1.54, 1.807) is 0 Å². The van der Waals surface area contributed by atoms with Gasteiger partial charge in [-0.1, -0.05) is 46.3 Å². The Kier molecular flexibility index (Phi) is 3.08. The van der Waals surface area contributed by atoms with Gasteiger partial charge in [-0.2, -0.15) is 0 Å². The summed E-state index contributed by atoms with van der Waals surface area (Å²) in [4.78, 5) is 0. The van der Waals surface area contributed by atoms with Gasteiger partial charge in [-0.25, -0.2) is 0 Å². The molecule has 3 aromatic carbocycles. The number of aryl methyl sites for hydroxylation is 2. The minimum absolute atomic E-state index is 1.11. The summed E-state index contributed by atoms with van der Waals surface area (Å²) in [7, 11) is 0. The van der Waals surface area contributed by atoms with E-state index < -0.39 is 0 Å². The number of rotatable bonds is 1. The lowest BCUT2D eigenvalue weighted by Gasteiger charge is -2.10. The minimum Gasteiger partial charge on any atom is -0.309 e. The molecule has 2 heteroatoms. The summed E-state index contributed by atoms with van der Waals surface area (Å²) >= 11 is 3.61. The van der Waals surface area contributed by atoms with E-state index in [0.29, 0.717) is 0 Å². The van der Waals surface area contributed by atoms with Crippen molar-refractivity contribution < 1.29 is 0 Å². The molecule has 22 heavy (non-hydrogen) atoms. The summed E-state index contributed by atoms with van der Waals surface area (Å²) in [5, 5.41) is 2.59. The van der Waals surface area contributed by atoms with Crippen molar-refractivity contribution in [2.75, 3.05) is 0 Å². The molecule has 0 spiro atoms. The van der Waals surface area contributed by atoms with E-state index in [2.05, 4.69) is 95.0 Å². The molecule has 0 aliphatic carbocycles. The number of fused-ring (bicyclic) bond motifs is 3. The zero-order chi connectivity index (χ0) is 15.3. The molecule has 0 unspecified atom stereocenters. The fourth-order valence-corrected chi connectivity index (χ4v) is 3.65. The predicted molar refractivity (Wildman–Crippen MR) is 98.0 cm³/mol. The molecule has 0 radical (unpaired) electrons. The molecule has 1 heterocycles. The highest BCUT2D eigenvalue weighted by Crippen LogP contribution is 2.33. The molecule has 0 saturated heterocycles. The first-order valence-electron chi connectivity index (χ1n) is 7.41. The Hall–Kier alpha value is -2.06. The van der Waals surface area contributed by atoms with Gasteiger partial charge in [0.25, 0.3) is 0 Å². The molecule has 4 rings (SSSR count). The predicted octanol–water partition coefficient (Wildman–Crippen LogP) is 6.16. The van der Waals surface area contributed by atoms with Gasteiger partial charge >= 0.3 is 0 Å². The SMILES string of the molecule is Cc1cc(C)cc(-n2c3ccccc3c3ccc(Br)cc32)c1. The highest BCUT2D eigenvalue weighted by Gasteiger charge is 2.12. The molecule has 0 saturated carbocycles. The van der Waals surface area contributed by atoms with E-state index >= 15 is 0 Å². The Labute approximate surface area is 138 Å². The second-order valence-corrected chi connectivity index (χ2v) is 6.78. The van der Waals surface area contributed by atoms with Gasteiger partial charge in [-0.3, -0.25) is 0 Å². The Bertz CT molecular complexity index is 991. The summed E-state index contributed by atoms with van der Waals surface area (Å²) in [6, 6.07) is 21.8. The molecule has 0 bridgehead atoms. The second-order valence-electron chi connectivity index (χ2n) is 5.86. The third-order valence-electron chi connectivity index (χ3n) is 4.10. The number of aromatic nitrogens is 1. The molecule has 4 aromatic rings. The molecule has 0 fully saturated rings. The topological polar surface area (TPSA) is 4.93 Å². The van der Waals surface area contributed by atoms with Crippen molar-refractivity contribution in [2.24, 2.45) is 0 Å². The summed E-state index contributed by atoms with van der Waals surface area (Å²) in [6.45, 7) is 4.31. The largest absolute Gasteiger partial charge is 0.309 e. The number of nitrogens with zero attached hydrogens (tertiary/aromatic N) is 1. The van der Waals surface area contributed by atoms with Gasteiger partial charge in [-0.05, 0) is 55.3 Å². The Morgan fingerprint density at radius 3 is 2.18 bits per heavy atom. The lowest BCUT2D eigenvalue weighted by atomic mass is 10.1. The zero-order valence-corrected chi connectivity index (χ0v) is 14.2. The van der Waals surface area contributed by atoms with Crippen LogP contribution < -0.4 is 0 Å². The first-order valence-corrected chi connectivity index (χ1v) is 8.20. The highest BCUT2D eigenvalue weighted by atomic mass is 79.9. The lowest BCUT2D eigenvalue weighted by Crippen LogP contribution is -1.95. The molecule has 0 aliphatic rings. The minimum atomic E-state index is 1.11. The van der Waals surface area contributed by atoms with E-state index in [1.807, 2.05) is 0 Å². The number of para-hydroxylation sites is 1. The van der Waals surface area contributed by atoms with E-state index in [0.717, 1.165) is 4.47 Å². The fraction of sp³-hybridized carbons (Fsp3) is 0.100. The van der Waals surface area contributed by atoms with E-state index in [9.17, 15) is 0 Å². The third kappa shape index (κ3) is 2.06. The van der Waals surface area contributed by atoms with Crippen molar-refractivity contribution in [1.29, 1.82) is 0 Å². The number of hydrogen-bond acceptors (Lipinski definition) is 0. The smallest absolute Gasteiger partial charge is 0.0552 e. The Morgan fingerprint density at radius 2 is 1.41 bits per heavy atom. The molecule has 1 nitrogen and oxygen atoms in total. The Balaban J connectivity index is 2.20. The van der Waals surface area contributed by atoms with Crippen LogP contribution in [-0.2, 0) is 0 Å². The molecule has 108 valence electrons. The van der Waals surface area contributed by atoms with Gasteiger partial charge < -0.3 is 4.57 Å². The maximum atomic E-state index is 3.61. The van der Waals surface area contributed by atoms with E-state index in [4.69, 9.17) is 0 Å². The quantitative estimate of drug-likeness (QED) is 0.387. The molecule has 0 atom stereocenters. The molecule has 1 aromatic heterocycles. The average molecular weight is 350 g/mol. The number of benzene rings is 3. The van der Waals surface area contributed by atoms with Crippen LogP contribution in [0.4, 0.5) is 0 Å². The van der Waals surface area contributed by atoms with Gasteiger partial charge in [-0.15, -0.1) is 0 Å². The summed E-state index contributed by atoms with van der Waals surface area (Å²) in [6.07, 6.45) is 0. The van der Waals surface area contributed by atoms with Gasteiger partial charge in [0, 0.05) is 20.9 Å². The van der Waals surface area contributed by atoms with Crippen molar-refractivity contribution in [3.63, 3.8) is 0 Å². The maximum Gasteiger partial charge on any atom is 0.0552 e. The molecular formula is C20H16BrN. The van der Waals surface area contributed by atoms with Crippen LogP contribution in [0.25, 0.3) is 27.5 Å². The van der Waals surface area contributed by atoms with Crippen LogP contribution in [0, 0.1) is 13.8 Å². The van der Waals surface area contributed by atoms with Crippen LogP contribution in [0.5, 0.6) is 0 Å². The van der Waals surface area contributed by atoms with Gasteiger partial charge in [0.2, 0.25) is 0 Å². The van der Waals surface area contributed by atoms with Crippen LogP contribution >= 0.6 is 15.9 Å². The summed E-state index contributed by atoms with van der Waals surface area (Å²) in [5.41, 5.74) is 6.29. The molecule has 0 N–H and O–H groups in total. The second kappa shape index (κ2) is 4.99. The fourth-order valence-electron chi connectivity index (χ4n) is 3.30. The normalized spacial score (nSPS) is 11.4. The van der Waals surface area contributed by atoms with Gasteiger partial charge in [0.1, 0.15) is 0 Å². The van der Waals surface area contributed by atoms with Gasteiger partial charge in [0.15, 0.2) is 0 Å². The van der Waals surface area contributed by atoms with E-state index in [-0.39, 0.29) is 0 Å². The number of halogens is 1. The van der Waals surface area contributed by atoms with Crippen molar-refractivity contribution in [3.05, 3.63) is 76.3 Å². The molecule has 0 amide bonds. The van der Waals surface area contributed by atoms with Crippen molar-refractivity contribution in [3.8, 4) is 5.69 Å². The maximum absolute atomic E-state index is 3.61. The zero-order valence-electron chi connectivity index (χ0n) is 12.6. The van der Waals surface area contributed by atoms with Crippen LogP contribution in [0.3, 0.4) is 0 Å². The summed E-state index contributed by atoms with van der Waals surface area (Å²) < 4.78 is 3.46. The van der Waals surface area contributed by atoms with E-state index in [1.165, 1.54) is 38.6 Å². The van der Waals surface area contributed by atoms with Crippen LogP contribution in [0.15, 0.2) is 65.1 Å².